The number of rotatable bonds is 1. The summed E-state index contributed by atoms with van der Waals surface area (Å²) in [7, 11) is 0. The van der Waals surface area contributed by atoms with Crippen molar-refractivity contribution in [2.45, 2.75) is 40.0 Å². The van der Waals surface area contributed by atoms with Gasteiger partial charge >= 0.3 is 0 Å². The van der Waals surface area contributed by atoms with Crippen LogP contribution in [0.5, 0.6) is 0 Å². The van der Waals surface area contributed by atoms with Gasteiger partial charge < -0.3 is 0 Å². The van der Waals surface area contributed by atoms with Crippen LogP contribution in [0.1, 0.15) is 40.0 Å². The van der Waals surface area contributed by atoms with Crippen molar-refractivity contribution in [3.63, 3.8) is 0 Å². The highest BCUT2D eigenvalue weighted by Crippen LogP contribution is 2.33. The molecule has 2 rings (SSSR count). The van der Waals surface area contributed by atoms with Crippen LogP contribution in [0.15, 0.2) is 35.5 Å². The molecule has 0 radical (unpaired) electrons. The van der Waals surface area contributed by atoms with E-state index < -0.39 is 0 Å². The summed E-state index contributed by atoms with van der Waals surface area (Å²) in [6, 6.07) is 0. The van der Waals surface area contributed by atoms with Gasteiger partial charge in [0.05, 0.1) is 0 Å². The van der Waals surface area contributed by atoms with E-state index in [4.69, 9.17) is 0 Å². The van der Waals surface area contributed by atoms with E-state index in [-0.39, 0.29) is 22.9 Å². The molecule has 0 aromatic carbocycles. The summed E-state index contributed by atoms with van der Waals surface area (Å²) in [5, 5.41) is 0. The van der Waals surface area contributed by atoms with Crippen LogP contribution in [-0.2, 0) is 9.59 Å². The van der Waals surface area contributed by atoms with E-state index >= 15 is 0 Å². The van der Waals surface area contributed by atoms with Crippen LogP contribution in [0.3, 0.4) is 0 Å². The third kappa shape index (κ3) is 2.53. The van der Waals surface area contributed by atoms with Crippen LogP contribution >= 0.6 is 0 Å². The molecule has 96 valence electrons. The summed E-state index contributed by atoms with van der Waals surface area (Å²) in [6.07, 6.45) is 10.4. The van der Waals surface area contributed by atoms with Gasteiger partial charge in [-0.25, -0.2) is 0 Å². The Labute approximate surface area is 108 Å². The van der Waals surface area contributed by atoms with Gasteiger partial charge in [0, 0.05) is 17.1 Å². The first-order chi connectivity index (χ1) is 8.39. The third-order valence-corrected chi connectivity index (χ3v) is 3.57. The van der Waals surface area contributed by atoms with Gasteiger partial charge in [0.1, 0.15) is 0 Å². The van der Waals surface area contributed by atoms with Crippen molar-refractivity contribution in [2.75, 3.05) is 0 Å². The molecule has 0 fully saturated rings. The molecule has 0 heterocycles. The maximum atomic E-state index is 12.2. The minimum atomic E-state index is -0.267. The third-order valence-electron chi connectivity index (χ3n) is 3.57. The zero-order valence-corrected chi connectivity index (χ0v) is 11.3. The fraction of sp³-hybridized carbons (Fsp3) is 0.500. The molecular formula is C16H20O2. The molecule has 0 aromatic heterocycles. The van der Waals surface area contributed by atoms with Crippen LogP contribution < -0.4 is 0 Å². The lowest BCUT2D eigenvalue weighted by Gasteiger charge is -2.26. The average Bonchev–Trinajstić information content (AvgIpc) is 2.31. The first-order valence-electron chi connectivity index (χ1n) is 6.58. The molecule has 1 unspecified atom stereocenters. The predicted molar refractivity (Wildman–Crippen MR) is 72.1 cm³/mol. The smallest absolute Gasteiger partial charge is 0.182 e. The molecule has 2 heteroatoms. The molecule has 18 heavy (non-hydrogen) atoms. The molecule has 0 N–H and O–H groups in total. The normalized spacial score (nSPS) is 24.9. The quantitative estimate of drug-likeness (QED) is 0.523. The van der Waals surface area contributed by atoms with Gasteiger partial charge in [0.15, 0.2) is 11.6 Å². The zero-order valence-electron chi connectivity index (χ0n) is 11.3. The standard InChI is InChI=1S/C16H20O2/c1-16(2,3)13-10-14(17)12(9-15(13)18)11-7-5-4-6-8-11/h5,7,9-11H,4,6,8H2,1-3H3. The molecule has 0 aliphatic heterocycles. The fourth-order valence-electron chi connectivity index (χ4n) is 2.52. The first-order valence-corrected chi connectivity index (χ1v) is 6.58. The second-order valence-electron chi connectivity index (χ2n) is 6.10. The van der Waals surface area contributed by atoms with Gasteiger partial charge in [0.25, 0.3) is 0 Å². The predicted octanol–water partition coefficient (Wildman–Crippen LogP) is 3.39. The minimum Gasteiger partial charge on any atom is -0.290 e. The minimum absolute atomic E-state index is 0.00364. The van der Waals surface area contributed by atoms with Gasteiger partial charge in [-0.1, -0.05) is 32.9 Å². The average molecular weight is 244 g/mol. The summed E-state index contributed by atoms with van der Waals surface area (Å²) in [5.41, 5.74) is 1.02. The lowest BCUT2D eigenvalue weighted by molar-refractivity contribution is -0.116. The van der Waals surface area contributed by atoms with Crippen molar-refractivity contribution in [3.8, 4) is 0 Å². The van der Waals surface area contributed by atoms with Gasteiger partial charge in [0.2, 0.25) is 0 Å². The number of carbonyl (C=O) groups is 2. The molecule has 0 amide bonds. The Balaban J connectivity index is 2.28. The van der Waals surface area contributed by atoms with Gasteiger partial charge in [-0.15, -0.1) is 0 Å². The van der Waals surface area contributed by atoms with Crippen molar-refractivity contribution in [3.05, 3.63) is 35.5 Å². The fourth-order valence-corrected chi connectivity index (χ4v) is 2.52. The molecule has 0 saturated heterocycles. The zero-order chi connectivity index (χ0) is 13.3. The Hall–Kier alpha value is -1.44. The first kappa shape index (κ1) is 13.0. The summed E-state index contributed by atoms with van der Waals surface area (Å²) in [6.45, 7) is 5.88. The SMILES string of the molecule is CC(C)(C)C1=CC(=O)C(C2C=CCCC2)=CC1=O. The molecule has 2 aliphatic carbocycles. The number of carbonyl (C=O) groups excluding carboxylic acids is 2. The van der Waals surface area contributed by atoms with Gasteiger partial charge in [-0.2, -0.15) is 0 Å². The van der Waals surface area contributed by atoms with Crippen molar-refractivity contribution in [1.29, 1.82) is 0 Å². The molecule has 0 aromatic rings. The lowest BCUT2D eigenvalue weighted by atomic mass is 9.76. The highest BCUT2D eigenvalue weighted by Gasteiger charge is 2.30. The van der Waals surface area contributed by atoms with E-state index in [2.05, 4.69) is 12.2 Å². The van der Waals surface area contributed by atoms with Crippen LogP contribution in [0.2, 0.25) is 0 Å². The van der Waals surface area contributed by atoms with Crippen LogP contribution in [0, 0.1) is 11.3 Å². The van der Waals surface area contributed by atoms with E-state index in [0.717, 1.165) is 19.3 Å². The highest BCUT2D eigenvalue weighted by molar-refractivity contribution is 6.20. The molecule has 0 spiro atoms. The van der Waals surface area contributed by atoms with Crippen molar-refractivity contribution < 1.29 is 9.59 Å². The molecule has 0 bridgehead atoms. The van der Waals surface area contributed by atoms with E-state index in [1.807, 2.05) is 20.8 Å². The molecule has 2 aliphatic rings. The number of hydrogen-bond acceptors (Lipinski definition) is 2. The molecule has 2 nitrogen and oxygen atoms in total. The Morgan fingerprint density at radius 2 is 1.83 bits per heavy atom. The van der Waals surface area contributed by atoms with Crippen molar-refractivity contribution in [1.82, 2.24) is 0 Å². The summed E-state index contributed by atoms with van der Waals surface area (Å²) in [5.74, 6) is 0.139. The van der Waals surface area contributed by atoms with Crippen molar-refractivity contribution in [2.24, 2.45) is 11.3 Å². The topological polar surface area (TPSA) is 34.1 Å². The summed E-state index contributed by atoms with van der Waals surface area (Å²) in [4.78, 5) is 24.3. The van der Waals surface area contributed by atoms with Gasteiger partial charge in [-0.05, 0) is 36.8 Å². The maximum absolute atomic E-state index is 12.2. The second kappa shape index (κ2) is 4.68. The molecule has 0 saturated carbocycles. The number of ketones is 2. The Morgan fingerprint density at radius 3 is 2.39 bits per heavy atom. The second-order valence-corrected chi connectivity index (χ2v) is 6.10. The van der Waals surface area contributed by atoms with Crippen LogP contribution in [0.4, 0.5) is 0 Å². The maximum Gasteiger partial charge on any atom is 0.182 e. The van der Waals surface area contributed by atoms with Crippen LogP contribution in [0.25, 0.3) is 0 Å². The van der Waals surface area contributed by atoms with E-state index in [1.165, 1.54) is 0 Å². The Kier molecular flexibility index (Phi) is 3.38. The Bertz CT molecular complexity index is 470. The molecule has 1 atom stereocenters. The number of allylic oxidation sites excluding steroid dienone is 6. The van der Waals surface area contributed by atoms with E-state index in [1.54, 1.807) is 12.2 Å². The van der Waals surface area contributed by atoms with Crippen molar-refractivity contribution >= 4 is 11.6 Å². The largest absolute Gasteiger partial charge is 0.290 e. The summed E-state index contributed by atoms with van der Waals surface area (Å²) >= 11 is 0. The van der Waals surface area contributed by atoms with E-state index in [9.17, 15) is 9.59 Å². The lowest BCUT2D eigenvalue weighted by Crippen LogP contribution is -2.25. The number of hydrogen-bond donors (Lipinski definition) is 0. The Morgan fingerprint density at radius 1 is 1.11 bits per heavy atom. The van der Waals surface area contributed by atoms with Crippen LogP contribution in [-0.4, -0.2) is 11.6 Å². The highest BCUT2D eigenvalue weighted by atomic mass is 16.1. The summed E-state index contributed by atoms with van der Waals surface area (Å²) < 4.78 is 0. The molecular weight excluding hydrogens is 224 g/mol. The monoisotopic (exact) mass is 244 g/mol. The van der Waals surface area contributed by atoms with Gasteiger partial charge in [-0.3, -0.25) is 9.59 Å². The van der Waals surface area contributed by atoms with E-state index in [0.29, 0.717) is 11.1 Å².